The van der Waals surface area contributed by atoms with Crippen LogP contribution in [0.2, 0.25) is 0 Å². The van der Waals surface area contributed by atoms with Crippen molar-refractivity contribution in [3.05, 3.63) is 22.4 Å². The average molecular weight is 313 g/mol. The molecule has 116 valence electrons. The lowest BCUT2D eigenvalue weighted by Gasteiger charge is -2.17. The van der Waals surface area contributed by atoms with E-state index in [0.29, 0.717) is 0 Å². The smallest absolute Gasteiger partial charge is 0.307 e. The Bertz CT molecular complexity index is 486. The second kappa shape index (κ2) is 8.41. The zero-order valence-electron chi connectivity index (χ0n) is 12.0. The lowest BCUT2D eigenvalue weighted by Crippen LogP contribution is -2.31. The largest absolute Gasteiger partial charge is 0.481 e. The molecule has 0 bridgehead atoms. The Kier molecular flexibility index (Phi) is 6.87. The molecule has 2 atom stereocenters. The predicted molar refractivity (Wildman–Crippen MR) is 77.9 cm³/mol. The number of nitrogens with one attached hydrogen (secondary N) is 1. The molecular formula is C14H19NO5S. The molecule has 2 N–H and O–H groups in total. The third kappa shape index (κ3) is 6.40. The standard InChI is InChI=1S/C14H19NO5S/c1-9(7-13(17)18)6-12(16)15-10(8-14(19)20-2)11-4-3-5-21-11/h3-5,9-10H,6-8H2,1-2H3,(H,15,16)(H,17,18). The molecule has 1 aromatic rings. The molecule has 1 amide bonds. The lowest BCUT2D eigenvalue weighted by molar-refractivity contribution is -0.141. The van der Waals surface area contributed by atoms with Gasteiger partial charge in [0.05, 0.1) is 19.6 Å². The van der Waals surface area contributed by atoms with Crippen LogP contribution in [-0.4, -0.2) is 30.1 Å². The van der Waals surface area contributed by atoms with Crippen LogP contribution in [0.5, 0.6) is 0 Å². The van der Waals surface area contributed by atoms with Crippen molar-refractivity contribution in [2.24, 2.45) is 5.92 Å². The fourth-order valence-corrected chi connectivity index (χ4v) is 2.68. The zero-order chi connectivity index (χ0) is 15.8. The molecule has 6 nitrogen and oxygen atoms in total. The van der Waals surface area contributed by atoms with Crippen molar-refractivity contribution in [3.63, 3.8) is 0 Å². The minimum atomic E-state index is -0.931. The van der Waals surface area contributed by atoms with E-state index in [9.17, 15) is 14.4 Å². The summed E-state index contributed by atoms with van der Waals surface area (Å²) in [6.45, 7) is 1.70. The highest BCUT2D eigenvalue weighted by atomic mass is 32.1. The van der Waals surface area contributed by atoms with Gasteiger partial charge in [0.2, 0.25) is 5.91 Å². The van der Waals surface area contributed by atoms with Gasteiger partial charge < -0.3 is 15.2 Å². The van der Waals surface area contributed by atoms with Crippen LogP contribution in [0.3, 0.4) is 0 Å². The Hall–Kier alpha value is -1.89. The number of amides is 1. The maximum atomic E-state index is 12.0. The van der Waals surface area contributed by atoms with Gasteiger partial charge in [-0.2, -0.15) is 0 Å². The molecule has 1 heterocycles. The Labute approximate surface area is 127 Å². The van der Waals surface area contributed by atoms with E-state index in [-0.39, 0.29) is 31.1 Å². The first-order chi connectivity index (χ1) is 9.92. The van der Waals surface area contributed by atoms with Crippen LogP contribution in [0.15, 0.2) is 17.5 Å². The summed E-state index contributed by atoms with van der Waals surface area (Å²) in [4.78, 5) is 34.8. The van der Waals surface area contributed by atoms with Crippen LogP contribution in [0.1, 0.15) is 37.1 Å². The fourth-order valence-electron chi connectivity index (χ4n) is 1.90. The number of rotatable bonds is 8. The number of aliphatic carboxylic acids is 1. The van der Waals surface area contributed by atoms with Crippen LogP contribution in [0.25, 0.3) is 0 Å². The number of esters is 1. The summed E-state index contributed by atoms with van der Waals surface area (Å²) in [6.07, 6.45) is 0.0967. The summed E-state index contributed by atoms with van der Waals surface area (Å²) in [6, 6.07) is 3.23. The number of hydrogen-bond acceptors (Lipinski definition) is 5. The molecule has 1 aromatic heterocycles. The molecule has 0 aliphatic heterocycles. The maximum Gasteiger partial charge on any atom is 0.307 e. The topological polar surface area (TPSA) is 92.7 Å². The summed E-state index contributed by atoms with van der Waals surface area (Å²) in [5, 5.41) is 13.3. The minimum Gasteiger partial charge on any atom is -0.481 e. The number of carbonyl (C=O) groups excluding carboxylic acids is 2. The molecule has 0 fully saturated rings. The molecule has 0 saturated heterocycles. The molecule has 0 radical (unpaired) electrons. The molecule has 2 unspecified atom stereocenters. The van der Waals surface area contributed by atoms with Crippen molar-refractivity contribution in [2.75, 3.05) is 7.11 Å². The second-order valence-electron chi connectivity index (χ2n) is 4.82. The van der Waals surface area contributed by atoms with Crippen LogP contribution in [0.4, 0.5) is 0 Å². The second-order valence-corrected chi connectivity index (χ2v) is 5.80. The molecule has 0 spiro atoms. The van der Waals surface area contributed by atoms with Crippen LogP contribution in [-0.2, 0) is 19.1 Å². The number of ether oxygens (including phenoxy) is 1. The van der Waals surface area contributed by atoms with E-state index in [1.807, 2.05) is 17.5 Å². The normalized spacial score (nSPS) is 13.2. The van der Waals surface area contributed by atoms with Crippen LogP contribution < -0.4 is 5.32 Å². The van der Waals surface area contributed by atoms with Gasteiger partial charge in [-0.3, -0.25) is 14.4 Å². The highest BCUT2D eigenvalue weighted by molar-refractivity contribution is 7.10. The Balaban J connectivity index is 2.62. The van der Waals surface area contributed by atoms with E-state index in [1.165, 1.54) is 18.4 Å². The van der Waals surface area contributed by atoms with E-state index >= 15 is 0 Å². The van der Waals surface area contributed by atoms with Gasteiger partial charge in [0.15, 0.2) is 0 Å². The van der Waals surface area contributed by atoms with Gasteiger partial charge in [-0.15, -0.1) is 11.3 Å². The van der Waals surface area contributed by atoms with Crippen molar-refractivity contribution in [1.29, 1.82) is 0 Å². The molecular weight excluding hydrogens is 294 g/mol. The lowest BCUT2D eigenvalue weighted by atomic mass is 10.0. The first-order valence-corrected chi connectivity index (χ1v) is 7.41. The van der Waals surface area contributed by atoms with Gasteiger partial charge in [0.25, 0.3) is 0 Å². The van der Waals surface area contributed by atoms with E-state index < -0.39 is 18.0 Å². The maximum absolute atomic E-state index is 12.0. The first kappa shape index (κ1) is 17.2. The van der Waals surface area contributed by atoms with E-state index in [0.717, 1.165) is 4.88 Å². The Morgan fingerprint density at radius 1 is 1.33 bits per heavy atom. The van der Waals surface area contributed by atoms with Crippen molar-refractivity contribution >= 4 is 29.2 Å². The summed E-state index contributed by atoms with van der Waals surface area (Å²) >= 11 is 1.44. The molecule has 0 aromatic carbocycles. The Morgan fingerprint density at radius 3 is 2.57 bits per heavy atom. The van der Waals surface area contributed by atoms with Gasteiger partial charge in [0, 0.05) is 17.7 Å². The van der Waals surface area contributed by atoms with Gasteiger partial charge in [0.1, 0.15) is 0 Å². The van der Waals surface area contributed by atoms with Gasteiger partial charge in [-0.1, -0.05) is 13.0 Å². The number of carboxylic acids is 1. The highest BCUT2D eigenvalue weighted by Gasteiger charge is 2.21. The Morgan fingerprint density at radius 2 is 2.05 bits per heavy atom. The molecule has 0 aliphatic rings. The quantitative estimate of drug-likeness (QED) is 0.716. The summed E-state index contributed by atoms with van der Waals surface area (Å²) in [5.41, 5.74) is 0. The van der Waals surface area contributed by atoms with Crippen LogP contribution >= 0.6 is 11.3 Å². The fraction of sp³-hybridized carbons (Fsp3) is 0.500. The first-order valence-electron chi connectivity index (χ1n) is 6.53. The number of thiophene rings is 1. The molecule has 7 heteroatoms. The van der Waals surface area contributed by atoms with Gasteiger partial charge >= 0.3 is 11.9 Å². The summed E-state index contributed by atoms with van der Waals surface area (Å²) < 4.78 is 4.63. The van der Waals surface area contributed by atoms with Gasteiger partial charge in [-0.25, -0.2) is 0 Å². The summed E-state index contributed by atoms with van der Waals surface area (Å²) in [5.74, 6) is -1.87. The SMILES string of the molecule is COC(=O)CC(NC(=O)CC(C)CC(=O)O)c1cccs1. The van der Waals surface area contributed by atoms with Gasteiger partial charge in [-0.05, 0) is 17.4 Å². The number of methoxy groups -OCH3 is 1. The third-order valence-corrected chi connectivity index (χ3v) is 3.86. The van der Waals surface area contributed by atoms with Crippen LogP contribution in [0, 0.1) is 5.92 Å². The average Bonchev–Trinajstić information content (AvgIpc) is 2.90. The number of hydrogen-bond donors (Lipinski definition) is 2. The monoisotopic (exact) mass is 313 g/mol. The zero-order valence-corrected chi connectivity index (χ0v) is 12.8. The molecule has 21 heavy (non-hydrogen) atoms. The minimum absolute atomic E-state index is 0.0517. The van der Waals surface area contributed by atoms with E-state index in [1.54, 1.807) is 6.92 Å². The number of carboxylic acid groups (broad SMARTS) is 1. The molecule has 0 aliphatic carbocycles. The summed E-state index contributed by atoms with van der Waals surface area (Å²) in [7, 11) is 1.30. The highest BCUT2D eigenvalue weighted by Crippen LogP contribution is 2.23. The number of carbonyl (C=O) groups is 3. The van der Waals surface area contributed by atoms with E-state index in [2.05, 4.69) is 10.1 Å². The van der Waals surface area contributed by atoms with Crippen molar-refractivity contribution in [3.8, 4) is 0 Å². The van der Waals surface area contributed by atoms with Crippen molar-refractivity contribution in [2.45, 2.75) is 32.2 Å². The molecule has 1 rings (SSSR count). The third-order valence-electron chi connectivity index (χ3n) is 2.88. The predicted octanol–water partition coefficient (Wildman–Crippen LogP) is 1.97. The van der Waals surface area contributed by atoms with Crippen molar-refractivity contribution in [1.82, 2.24) is 5.32 Å². The van der Waals surface area contributed by atoms with E-state index in [4.69, 9.17) is 5.11 Å². The molecule has 0 saturated carbocycles. The van der Waals surface area contributed by atoms with Crippen molar-refractivity contribution < 1.29 is 24.2 Å².